The Morgan fingerprint density at radius 2 is 1.24 bits per heavy atom. The molecule has 1 aliphatic heterocycles. The lowest BCUT2D eigenvalue weighted by molar-refractivity contribution is -0.206. The first-order valence-corrected chi connectivity index (χ1v) is 11.6. The van der Waals surface area contributed by atoms with Crippen molar-refractivity contribution in [3.63, 3.8) is 0 Å². The van der Waals surface area contributed by atoms with Crippen LogP contribution in [0.5, 0.6) is 0 Å². The first-order valence-electron chi connectivity index (χ1n) is 10.7. The molecule has 0 radical (unpaired) electrons. The molecule has 1 fully saturated rings. The van der Waals surface area contributed by atoms with Crippen LogP contribution in [0.25, 0.3) is 0 Å². The Hall–Kier alpha value is -3.17. The highest BCUT2D eigenvalue weighted by Gasteiger charge is 2.50. The number of rotatable bonds is 7. The zero-order chi connectivity index (χ0) is 23.9. The molecule has 4 rings (SSSR count). The maximum absolute atomic E-state index is 12.9. The SMILES string of the molecule is O=C(OC1C(Sc2ccccc2)OC(CO)C(O)C1OC(=O)c1ccccc1)c1ccccc1. The molecule has 34 heavy (non-hydrogen) atoms. The van der Waals surface area contributed by atoms with Gasteiger partial charge >= 0.3 is 11.9 Å². The maximum Gasteiger partial charge on any atom is 0.338 e. The van der Waals surface area contributed by atoms with E-state index in [0.717, 1.165) is 4.90 Å². The number of aliphatic hydroxyl groups excluding tert-OH is 2. The second-order valence-corrected chi connectivity index (χ2v) is 8.79. The average molecular weight is 481 g/mol. The number of benzene rings is 3. The predicted octanol–water partition coefficient (Wildman–Crippen LogP) is 3.31. The van der Waals surface area contributed by atoms with Crippen LogP contribution < -0.4 is 0 Å². The quantitative estimate of drug-likeness (QED) is 0.497. The van der Waals surface area contributed by atoms with E-state index in [4.69, 9.17) is 14.2 Å². The predicted molar refractivity (Wildman–Crippen MR) is 125 cm³/mol. The summed E-state index contributed by atoms with van der Waals surface area (Å²) >= 11 is 1.24. The van der Waals surface area contributed by atoms with E-state index in [-0.39, 0.29) is 5.56 Å². The van der Waals surface area contributed by atoms with Crippen LogP contribution in [0.1, 0.15) is 20.7 Å². The molecule has 0 spiro atoms. The van der Waals surface area contributed by atoms with Gasteiger partial charge in [0.1, 0.15) is 17.6 Å². The lowest BCUT2D eigenvalue weighted by atomic mass is 9.99. The molecule has 8 heteroatoms. The molecule has 5 atom stereocenters. The molecular formula is C26H24O7S. The number of thioether (sulfide) groups is 1. The topological polar surface area (TPSA) is 102 Å². The first kappa shape index (κ1) is 24.0. The highest BCUT2D eigenvalue weighted by molar-refractivity contribution is 7.99. The van der Waals surface area contributed by atoms with Crippen LogP contribution >= 0.6 is 11.8 Å². The minimum absolute atomic E-state index is 0.280. The van der Waals surface area contributed by atoms with Gasteiger partial charge in [-0.2, -0.15) is 0 Å². The van der Waals surface area contributed by atoms with Crippen molar-refractivity contribution in [2.45, 2.75) is 34.7 Å². The van der Waals surface area contributed by atoms with Crippen molar-refractivity contribution in [1.82, 2.24) is 0 Å². The molecule has 3 aromatic rings. The zero-order valence-corrected chi connectivity index (χ0v) is 18.9. The van der Waals surface area contributed by atoms with Crippen molar-refractivity contribution in [2.24, 2.45) is 0 Å². The van der Waals surface area contributed by atoms with E-state index in [9.17, 15) is 19.8 Å². The summed E-state index contributed by atoms with van der Waals surface area (Å²) in [6.45, 7) is -0.508. The molecule has 7 nitrogen and oxygen atoms in total. The monoisotopic (exact) mass is 480 g/mol. The van der Waals surface area contributed by atoms with Crippen LogP contribution in [0.15, 0.2) is 95.9 Å². The third-order valence-electron chi connectivity index (χ3n) is 5.30. The van der Waals surface area contributed by atoms with E-state index in [0.29, 0.717) is 5.56 Å². The normalized spacial score (nSPS) is 24.2. The standard InChI is InChI=1S/C26H24O7S/c27-16-20-21(28)22(32-24(29)17-10-4-1-5-11-17)23(33-25(30)18-12-6-2-7-13-18)26(31-20)34-19-14-8-3-9-15-19/h1-15,20-23,26-28H,16H2. The Balaban J connectivity index is 1.65. The van der Waals surface area contributed by atoms with Crippen LogP contribution in [-0.4, -0.2) is 58.6 Å². The number of hydrogen-bond acceptors (Lipinski definition) is 8. The van der Waals surface area contributed by atoms with E-state index >= 15 is 0 Å². The summed E-state index contributed by atoms with van der Waals surface area (Å²) in [6, 6.07) is 26.0. The average Bonchev–Trinajstić information content (AvgIpc) is 2.89. The van der Waals surface area contributed by atoms with Gasteiger partial charge in [0, 0.05) is 4.90 Å². The van der Waals surface area contributed by atoms with E-state index in [1.54, 1.807) is 60.7 Å². The largest absolute Gasteiger partial charge is 0.452 e. The summed E-state index contributed by atoms with van der Waals surface area (Å²) in [4.78, 5) is 26.6. The van der Waals surface area contributed by atoms with Gasteiger partial charge in [0.15, 0.2) is 12.2 Å². The minimum Gasteiger partial charge on any atom is -0.452 e. The van der Waals surface area contributed by atoms with Gasteiger partial charge in [0.05, 0.1) is 17.7 Å². The van der Waals surface area contributed by atoms with Crippen LogP contribution in [-0.2, 0) is 14.2 Å². The Morgan fingerprint density at radius 1 is 0.765 bits per heavy atom. The number of hydrogen-bond donors (Lipinski definition) is 2. The maximum atomic E-state index is 12.9. The lowest BCUT2D eigenvalue weighted by Gasteiger charge is -2.42. The fourth-order valence-corrected chi connectivity index (χ4v) is 4.69. The van der Waals surface area contributed by atoms with Gasteiger partial charge in [-0.1, -0.05) is 66.4 Å². The van der Waals surface area contributed by atoms with Crippen molar-refractivity contribution >= 4 is 23.7 Å². The highest BCUT2D eigenvalue weighted by Crippen LogP contribution is 2.36. The summed E-state index contributed by atoms with van der Waals surface area (Å²) in [5.41, 5.74) is -0.274. The van der Waals surface area contributed by atoms with Crippen molar-refractivity contribution in [3.8, 4) is 0 Å². The van der Waals surface area contributed by atoms with Crippen molar-refractivity contribution in [1.29, 1.82) is 0 Å². The molecule has 0 bridgehead atoms. The van der Waals surface area contributed by atoms with Gasteiger partial charge in [-0.15, -0.1) is 0 Å². The molecule has 1 aliphatic rings. The fourth-order valence-electron chi connectivity index (χ4n) is 3.56. The van der Waals surface area contributed by atoms with Crippen molar-refractivity contribution < 1.29 is 34.0 Å². The van der Waals surface area contributed by atoms with Crippen LogP contribution in [0.2, 0.25) is 0 Å². The first-order chi connectivity index (χ1) is 16.6. The third kappa shape index (κ3) is 5.66. The smallest absolute Gasteiger partial charge is 0.338 e. The van der Waals surface area contributed by atoms with Gasteiger partial charge in [0.25, 0.3) is 0 Å². The van der Waals surface area contributed by atoms with Crippen LogP contribution in [0.3, 0.4) is 0 Å². The van der Waals surface area contributed by atoms with Gasteiger partial charge in [-0.3, -0.25) is 0 Å². The molecule has 5 unspecified atom stereocenters. The van der Waals surface area contributed by atoms with Crippen molar-refractivity contribution in [3.05, 3.63) is 102 Å². The molecule has 0 amide bonds. The molecule has 176 valence electrons. The second kappa shape index (κ2) is 11.3. The minimum atomic E-state index is -1.42. The Labute approximate surface area is 201 Å². The number of ether oxygens (including phenoxy) is 3. The number of carbonyl (C=O) groups is 2. The number of carbonyl (C=O) groups excluding carboxylic acids is 2. The fraction of sp³-hybridized carbons (Fsp3) is 0.231. The third-order valence-corrected chi connectivity index (χ3v) is 6.46. The molecule has 3 aromatic carbocycles. The van der Waals surface area contributed by atoms with E-state index in [1.807, 2.05) is 30.3 Å². The molecule has 1 heterocycles. The molecule has 0 saturated carbocycles. The summed E-state index contributed by atoms with van der Waals surface area (Å²) < 4.78 is 17.4. The molecule has 1 saturated heterocycles. The van der Waals surface area contributed by atoms with E-state index < -0.39 is 48.4 Å². The lowest BCUT2D eigenvalue weighted by Crippen LogP contribution is -2.60. The Bertz CT molecular complexity index is 1080. The molecular weight excluding hydrogens is 456 g/mol. The number of aliphatic hydroxyl groups is 2. The Kier molecular flexibility index (Phi) is 7.97. The van der Waals surface area contributed by atoms with Gasteiger partial charge in [-0.05, 0) is 36.4 Å². The summed E-state index contributed by atoms with van der Waals surface area (Å²) in [7, 11) is 0. The molecule has 0 aliphatic carbocycles. The van der Waals surface area contributed by atoms with E-state index in [1.165, 1.54) is 11.8 Å². The second-order valence-electron chi connectivity index (χ2n) is 7.62. The van der Waals surface area contributed by atoms with Gasteiger partial charge in [-0.25, -0.2) is 9.59 Å². The van der Waals surface area contributed by atoms with Crippen LogP contribution in [0.4, 0.5) is 0 Å². The van der Waals surface area contributed by atoms with E-state index in [2.05, 4.69) is 0 Å². The Morgan fingerprint density at radius 3 is 1.74 bits per heavy atom. The summed E-state index contributed by atoms with van der Waals surface area (Å²) in [5, 5.41) is 20.7. The summed E-state index contributed by atoms with van der Waals surface area (Å²) in [6.07, 6.45) is -4.88. The number of esters is 2. The summed E-state index contributed by atoms with van der Waals surface area (Å²) in [5.74, 6) is -1.34. The highest BCUT2D eigenvalue weighted by atomic mass is 32.2. The molecule has 2 N–H and O–H groups in total. The zero-order valence-electron chi connectivity index (χ0n) is 18.1. The molecule has 0 aromatic heterocycles. The van der Waals surface area contributed by atoms with Gasteiger partial charge in [0.2, 0.25) is 0 Å². The van der Waals surface area contributed by atoms with Crippen LogP contribution in [0, 0.1) is 0 Å². The van der Waals surface area contributed by atoms with Gasteiger partial charge < -0.3 is 24.4 Å². The van der Waals surface area contributed by atoms with Crippen molar-refractivity contribution in [2.75, 3.05) is 6.61 Å².